The zero-order chi connectivity index (χ0) is 18.3. The van der Waals surface area contributed by atoms with E-state index in [0.717, 1.165) is 37.1 Å². The molecule has 0 unspecified atom stereocenters. The standard InChI is InChI=1S/C21H34N4/c1-5-6-12-23-19-15-17-14-16(10-11-18(17)25-20(19)22)9-7-8-13-24-21(2,3)4/h10-11,14-15,23-24H,5-9,12-13H2,1-4H3,(H2,22,25). The van der Waals surface area contributed by atoms with Crippen LogP contribution in [0.1, 0.15) is 58.9 Å². The lowest BCUT2D eigenvalue weighted by Crippen LogP contribution is -2.36. The van der Waals surface area contributed by atoms with Gasteiger partial charge in [0.15, 0.2) is 0 Å². The summed E-state index contributed by atoms with van der Waals surface area (Å²) >= 11 is 0. The molecule has 0 bridgehead atoms. The van der Waals surface area contributed by atoms with Gasteiger partial charge in [-0.25, -0.2) is 4.98 Å². The molecule has 0 spiro atoms. The molecule has 4 heteroatoms. The highest BCUT2D eigenvalue weighted by Crippen LogP contribution is 2.24. The molecule has 25 heavy (non-hydrogen) atoms. The van der Waals surface area contributed by atoms with Crippen molar-refractivity contribution in [3.05, 3.63) is 29.8 Å². The van der Waals surface area contributed by atoms with Crippen LogP contribution in [-0.4, -0.2) is 23.6 Å². The maximum atomic E-state index is 6.07. The van der Waals surface area contributed by atoms with Gasteiger partial charge in [0.2, 0.25) is 0 Å². The molecule has 2 aromatic rings. The van der Waals surface area contributed by atoms with Gasteiger partial charge in [-0.1, -0.05) is 19.4 Å². The molecule has 138 valence electrons. The monoisotopic (exact) mass is 342 g/mol. The van der Waals surface area contributed by atoms with Crippen molar-refractivity contribution < 1.29 is 0 Å². The quantitative estimate of drug-likeness (QED) is 0.576. The fraction of sp³-hybridized carbons (Fsp3) is 0.571. The number of pyridine rings is 1. The molecular weight excluding hydrogens is 308 g/mol. The Hall–Kier alpha value is -1.81. The number of anilines is 2. The van der Waals surface area contributed by atoms with E-state index in [9.17, 15) is 0 Å². The minimum atomic E-state index is 0.204. The van der Waals surface area contributed by atoms with Crippen molar-refractivity contribution in [3.8, 4) is 0 Å². The van der Waals surface area contributed by atoms with Crippen molar-refractivity contribution in [3.63, 3.8) is 0 Å². The topological polar surface area (TPSA) is 63.0 Å². The van der Waals surface area contributed by atoms with E-state index in [1.165, 1.54) is 30.2 Å². The molecule has 0 aliphatic heterocycles. The highest BCUT2D eigenvalue weighted by atomic mass is 15.0. The first-order chi connectivity index (χ1) is 11.9. The zero-order valence-corrected chi connectivity index (χ0v) is 16.3. The van der Waals surface area contributed by atoms with Crippen molar-refractivity contribution in [1.29, 1.82) is 0 Å². The Morgan fingerprint density at radius 2 is 1.84 bits per heavy atom. The van der Waals surface area contributed by atoms with Crippen molar-refractivity contribution >= 4 is 22.4 Å². The Kier molecular flexibility index (Phi) is 7.06. The third kappa shape index (κ3) is 6.54. The number of nitrogens with zero attached hydrogens (tertiary/aromatic N) is 1. The summed E-state index contributed by atoms with van der Waals surface area (Å²) in [5.41, 5.74) is 9.57. The number of hydrogen-bond donors (Lipinski definition) is 3. The highest BCUT2D eigenvalue weighted by Gasteiger charge is 2.08. The Morgan fingerprint density at radius 1 is 1.04 bits per heavy atom. The summed E-state index contributed by atoms with van der Waals surface area (Å²) < 4.78 is 0. The van der Waals surface area contributed by atoms with E-state index in [1.807, 2.05) is 0 Å². The number of unbranched alkanes of at least 4 members (excludes halogenated alkanes) is 2. The fourth-order valence-electron chi connectivity index (χ4n) is 2.86. The van der Waals surface area contributed by atoms with Crippen LogP contribution in [0.15, 0.2) is 24.3 Å². The van der Waals surface area contributed by atoms with Crippen molar-refractivity contribution in [2.45, 2.75) is 65.3 Å². The molecule has 1 aromatic carbocycles. The van der Waals surface area contributed by atoms with Gasteiger partial charge in [0.25, 0.3) is 0 Å². The normalized spacial score (nSPS) is 11.8. The summed E-state index contributed by atoms with van der Waals surface area (Å²) in [7, 11) is 0. The van der Waals surface area contributed by atoms with Gasteiger partial charge >= 0.3 is 0 Å². The van der Waals surface area contributed by atoms with Crippen LogP contribution in [-0.2, 0) is 6.42 Å². The minimum Gasteiger partial charge on any atom is -0.382 e. The molecule has 1 heterocycles. The van der Waals surface area contributed by atoms with Gasteiger partial charge in [-0.2, -0.15) is 0 Å². The first kappa shape index (κ1) is 19.5. The summed E-state index contributed by atoms with van der Waals surface area (Å²) in [6.45, 7) is 10.8. The summed E-state index contributed by atoms with van der Waals surface area (Å²) in [4.78, 5) is 4.54. The van der Waals surface area contributed by atoms with E-state index in [0.29, 0.717) is 5.82 Å². The van der Waals surface area contributed by atoms with Gasteiger partial charge in [-0.15, -0.1) is 0 Å². The van der Waals surface area contributed by atoms with Gasteiger partial charge in [0, 0.05) is 17.5 Å². The lowest BCUT2D eigenvalue weighted by molar-refractivity contribution is 0.419. The van der Waals surface area contributed by atoms with Crippen LogP contribution in [0.3, 0.4) is 0 Å². The molecule has 0 saturated heterocycles. The maximum absolute atomic E-state index is 6.07. The molecule has 0 fully saturated rings. The molecule has 0 atom stereocenters. The van der Waals surface area contributed by atoms with E-state index in [2.05, 4.69) is 67.6 Å². The van der Waals surface area contributed by atoms with Gasteiger partial charge in [0.05, 0.1) is 11.2 Å². The first-order valence-electron chi connectivity index (χ1n) is 9.57. The number of rotatable bonds is 9. The van der Waals surface area contributed by atoms with E-state index < -0.39 is 0 Å². The van der Waals surface area contributed by atoms with E-state index in [-0.39, 0.29) is 5.54 Å². The van der Waals surface area contributed by atoms with E-state index >= 15 is 0 Å². The van der Waals surface area contributed by atoms with Crippen LogP contribution in [0.2, 0.25) is 0 Å². The van der Waals surface area contributed by atoms with Crippen molar-refractivity contribution in [2.24, 2.45) is 0 Å². The van der Waals surface area contributed by atoms with Crippen LogP contribution < -0.4 is 16.4 Å². The number of nitrogens with two attached hydrogens (primary N) is 1. The van der Waals surface area contributed by atoms with Crippen LogP contribution in [0, 0.1) is 0 Å². The molecule has 0 aliphatic carbocycles. The van der Waals surface area contributed by atoms with Gasteiger partial charge < -0.3 is 16.4 Å². The van der Waals surface area contributed by atoms with Gasteiger partial charge in [0.1, 0.15) is 5.82 Å². The molecule has 4 nitrogen and oxygen atoms in total. The van der Waals surface area contributed by atoms with Crippen molar-refractivity contribution in [2.75, 3.05) is 24.1 Å². The molecule has 2 rings (SSSR count). The predicted molar refractivity (Wildman–Crippen MR) is 110 cm³/mol. The third-order valence-corrected chi connectivity index (χ3v) is 4.30. The second-order valence-corrected chi connectivity index (χ2v) is 7.86. The number of aromatic nitrogens is 1. The summed E-state index contributed by atoms with van der Waals surface area (Å²) in [6.07, 6.45) is 5.80. The van der Waals surface area contributed by atoms with Crippen molar-refractivity contribution in [1.82, 2.24) is 10.3 Å². The molecule has 1 aromatic heterocycles. The molecule has 0 saturated carbocycles. The van der Waals surface area contributed by atoms with Crippen LogP contribution in [0.25, 0.3) is 10.9 Å². The average molecular weight is 343 g/mol. The molecule has 4 N–H and O–H groups in total. The Balaban J connectivity index is 1.96. The lowest BCUT2D eigenvalue weighted by atomic mass is 10.0. The number of hydrogen-bond acceptors (Lipinski definition) is 4. The fourth-order valence-corrected chi connectivity index (χ4v) is 2.86. The SMILES string of the molecule is CCCCNc1cc2cc(CCCCNC(C)(C)C)ccc2nc1N. The van der Waals surface area contributed by atoms with Gasteiger partial charge in [-0.05, 0) is 76.8 Å². The smallest absolute Gasteiger partial charge is 0.147 e. The van der Waals surface area contributed by atoms with Crippen LogP contribution >= 0.6 is 0 Å². The summed E-state index contributed by atoms with van der Waals surface area (Å²) in [5.74, 6) is 0.588. The van der Waals surface area contributed by atoms with Gasteiger partial charge in [-0.3, -0.25) is 0 Å². The number of aryl methyl sites for hydroxylation is 1. The third-order valence-electron chi connectivity index (χ3n) is 4.30. The largest absolute Gasteiger partial charge is 0.382 e. The van der Waals surface area contributed by atoms with E-state index in [4.69, 9.17) is 5.73 Å². The van der Waals surface area contributed by atoms with Crippen LogP contribution in [0.4, 0.5) is 11.5 Å². The highest BCUT2D eigenvalue weighted by molar-refractivity contribution is 5.86. The average Bonchev–Trinajstić information content (AvgIpc) is 2.54. The Labute approximate surface area is 152 Å². The Morgan fingerprint density at radius 3 is 2.56 bits per heavy atom. The Bertz CT molecular complexity index is 673. The zero-order valence-electron chi connectivity index (χ0n) is 16.3. The van der Waals surface area contributed by atoms with E-state index in [1.54, 1.807) is 0 Å². The predicted octanol–water partition coefficient (Wildman–Crippen LogP) is 4.74. The number of nitrogen functional groups attached to an aromatic ring is 1. The minimum absolute atomic E-state index is 0.204. The second kappa shape index (κ2) is 9.04. The number of nitrogens with one attached hydrogen (secondary N) is 2. The summed E-state index contributed by atoms with van der Waals surface area (Å²) in [6, 6.07) is 8.66. The number of fused-ring (bicyclic) bond motifs is 1. The number of benzene rings is 1. The van der Waals surface area contributed by atoms with Crippen LogP contribution in [0.5, 0.6) is 0 Å². The molecule has 0 aliphatic rings. The summed E-state index contributed by atoms with van der Waals surface area (Å²) in [5, 5.41) is 8.11. The molecule has 0 amide bonds. The maximum Gasteiger partial charge on any atom is 0.147 e. The molecule has 0 radical (unpaired) electrons. The first-order valence-corrected chi connectivity index (χ1v) is 9.57. The second-order valence-electron chi connectivity index (χ2n) is 7.86. The lowest BCUT2D eigenvalue weighted by Gasteiger charge is -2.20. The molecular formula is C21H34N4.